The lowest BCUT2D eigenvalue weighted by Gasteiger charge is -2.14. The van der Waals surface area contributed by atoms with Crippen LogP contribution in [-0.2, 0) is 22.5 Å². The van der Waals surface area contributed by atoms with Crippen LogP contribution in [0, 0.1) is 5.82 Å². The lowest BCUT2D eigenvalue weighted by atomic mass is 10.1. The number of aryl methyl sites for hydroxylation is 1. The first-order valence-corrected chi connectivity index (χ1v) is 8.16. The average molecular weight is 342 g/mol. The first-order valence-electron chi connectivity index (χ1n) is 8.16. The van der Waals surface area contributed by atoms with Crippen molar-refractivity contribution < 1.29 is 18.7 Å². The molecule has 3 rings (SSSR count). The van der Waals surface area contributed by atoms with E-state index in [-0.39, 0.29) is 17.8 Å². The van der Waals surface area contributed by atoms with Gasteiger partial charge in [0.25, 0.3) is 0 Å². The van der Waals surface area contributed by atoms with Crippen LogP contribution in [0.1, 0.15) is 17.5 Å². The number of nitrogens with zero attached hydrogens (tertiary/aromatic N) is 1. The van der Waals surface area contributed by atoms with Gasteiger partial charge in [-0.3, -0.25) is 9.69 Å². The Morgan fingerprint density at radius 3 is 2.68 bits per heavy atom. The molecule has 0 aliphatic carbocycles. The van der Waals surface area contributed by atoms with Crippen LogP contribution < -0.4 is 10.2 Å². The molecule has 6 heteroatoms. The van der Waals surface area contributed by atoms with Crippen molar-refractivity contribution in [2.45, 2.75) is 19.4 Å². The van der Waals surface area contributed by atoms with Crippen LogP contribution in [0.25, 0.3) is 0 Å². The number of amides is 2. The highest BCUT2D eigenvalue weighted by atomic mass is 19.1. The van der Waals surface area contributed by atoms with Crippen molar-refractivity contribution in [3.63, 3.8) is 0 Å². The minimum Gasteiger partial charge on any atom is -0.447 e. The number of halogens is 1. The molecule has 130 valence electrons. The summed E-state index contributed by atoms with van der Waals surface area (Å²) in [6.07, 6.45) is 0.552. The molecule has 0 bridgehead atoms. The van der Waals surface area contributed by atoms with Gasteiger partial charge in [0.2, 0.25) is 5.91 Å². The molecule has 2 aromatic carbocycles. The van der Waals surface area contributed by atoms with Gasteiger partial charge < -0.3 is 10.1 Å². The molecule has 1 N–H and O–H groups in total. The van der Waals surface area contributed by atoms with Crippen molar-refractivity contribution >= 4 is 17.7 Å². The summed E-state index contributed by atoms with van der Waals surface area (Å²) in [6.45, 7) is 1.31. The highest BCUT2D eigenvalue weighted by Gasteiger charge is 2.23. The fourth-order valence-electron chi connectivity index (χ4n) is 2.66. The Morgan fingerprint density at radius 1 is 1.16 bits per heavy atom. The molecule has 0 atom stereocenters. The van der Waals surface area contributed by atoms with Gasteiger partial charge in [-0.2, -0.15) is 0 Å². The normalized spacial score (nSPS) is 13.6. The number of anilines is 1. The lowest BCUT2D eigenvalue weighted by Crippen LogP contribution is -2.25. The summed E-state index contributed by atoms with van der Waals surface area (Å²) in [5.74, 6) is -0.356. The monoisotopic (exact) mass is 342 g/mol. The Kier molecular flexibility index (Phi) is 5.28. The first kappa shape index (κ1) is 17.0. The van der Waals surface area contributed by atoms with E-state index in [1.807, 2.05) is 24.3 Å². The van der Waals surface area contributed by atoms with E-state index < -0.39 is 0 Å². The van der Waals surface area contributed by atoms with Gasteiger partial charge in [-0.1, -0.05) is 24.3 Å². The van der Waals surface area contributed by atoms with Crippen molar-refractivity contribution in [2.75, 3.05) is 18.1 Å². The fourth-order valence-corrected chi connectivity index (χ4v) is 2.66. The van der Waals surface area contributed by atoms with Gasteiger partial charge in [0.15, 0.2) is 0 Å². The number of hydrogen-bond acceptors (Lipinski definition) is 3. The molecule has 25 heavy (non-hydrogen) atoms. The molecule has 0 radical (unpaired) electrons. The zero-order valence-corrected chi connectivity index (χ0v) is 13.7. The third kappa shape index (κ3) is 4.56. The third-order valence-electron chi connectivity index (χ3n) is 4.03. The maximum Gasteiger partial charge on any atom is 0.414 e. The SMILES string of the molecule is O=C(CCc1ccc(F)cc1)NCc1cccc(N2CCOC2=O)c1. The molecule has 1 heterocycles. The van der Waals surface area contributed by atoms with Gasteiger partial charge >= 0.3 is 6.09 Å². The van der Waals surface area contributed by atoms with E-state index in [0.29, 0.717) is 32.5 Å². The van der Waals surface area contributed by atoms with E-state index in [9.17, 15) is 14.0 Å². The fraction of sp³-hybridized carbons (Fsp3) is 0.263. The number of hydrogen-bond donors (Lipinski definition) is 1. The van der Waals surface area contributed by atoms with Crippen LogP contribution in [0.3, 0.4) is 0 Å². The lowest BCUT2D eigenvalue weighted by molar-refractivity contribution is -0.121. The number of benzene rings is 2. The topological polar surface area (TPSA) is 58.6 Å². The highest BCUT2D eigenvalue weighted by molar-refractivity contribution is 5.89. The minimum absolute atomic E-state index is 0.0738. The molecule has 1 aliphatic heterocycles. The smallest absolute Gasteiger partial charge is 0.414 e. The summed E-state index contributed by atoms with van der Waals surface area (Å²) < 4.78 is 17.8. The first-order chi connectivity index (χ1) is 12.1. The molecule has 2 amide bonds. The van der Waals surface area contributed by atoms with E-state index in [1.165, 1.54) is 12.1 Å². The molecule has 5 nitrogen and oxygen atoms in total. The van der Waals surface area contributed by atoms with Crippen LogP contribution in [0.2, 0.25) is 0 Å². The van der Waals surface area contributed by atoms with E-state index >= 15 is 0 Å². The molecule has 1 aliphatic rings. The molecule has 0 spiro atoms. The zero-order valence-electron chi connectivity index (χ0n) is 13.7. The predicted octanol–water partition coefficient (Wildman–Crippen LogP) is 3.03. The minimum atomic E-state index is -0.347. The molecule has 0 unspecified atom stereocenters. The van der Waals surface area contributed by atoms with Crippen LogP contribution in [0.4, 0.5) is 14.9 Å². The van der Waals surface area contributed by atoms with Crippen molar-refractivity contribution in [1.82, 2.24) is 5.32 Å². The second kappa shape index (κ2) is 7.79. The van der Waals surface area contributed by atoms with Crippen molar-refractivity contribution in [1.29, 1.82) is 0 Å². The van der Waals surface area contributed by atoms with Gasteiger partial charge in [0.1, 0.15) is 12.4 Å². The number of carbonyl (C=O) groups excluding carboxylic acids is 2. The summed E-state index contributed by atoms with van der Waals surface area (Å²) in [6, 6.07) is 13.6. The summed E-state index contributed by atoms with van der Waals surface area (Å²) in [5, 5.41) is 2.86. The summed E-state index contributed by atoms with van der Waals surface area (Å²) >= 11 is 0. The summed E-state index contributed by atoms with van der Waals surface area (Å²) in [5.41, 5.74) is 2.60. The third-order valence-corrected chi connectivity index (χ3v) is 4.03. The largest absolute Gasteiger partial charge is 0.447 e. The maximum absolute atomic E-state index is 12.9. The van der Waals surface area contributed by atoms with Gasteiger partial charge in [-0.15, -0.1) is 0 Å². The number of rotatable bonds is 6. The van der Waals surface area contributed by atoms with E-state index in [1.54, 1.807) is 17.0 Å². The molecule has 1 fully saturated rings. The Labute approximate surface area is 145 Å². The number of nitrogens with one attached hydrogen (secondary N) is 1. The number of ether oxygens (including phenoxy) is 1. The Balaban J connectivity index is 1.50. The number of carbonyl (C=O) groups is 2. The zero-order chi connectivity index (χ0) is 17.6. The number of cyclic esters (lactones) is 1. The van der Waals surface area contributed by atoms with Gasteiger partial charge in [-0.05, 0) is 41.8 Å². The molecule has 1 saturated heterocycles. The van der Waals surface area contributed by atoms with Gasteiger partial charge in [0.05, 0.1) is 6.54 Å². The maximum atomic E-state index is 12.9. The molecule has 0 saturated carbocycles. The van der Waals surface area contributed by atoms with Crippen LogP contribution in [0.5, 0.6) is 0 Å². The second-order valence-corrected chi connectivity index (χ2v) is 5.84. The highest BCUT2D eigenvalue weighted by Crippen LogP contribution is 2.20. The van der Waals surface area contributed by atoms with Crippen molar-refractivity contribution in [3.05, 3.63) is 65.5 Å². The summed E-state index contributed by atoms with van der Waals surface area (Å²) in [7, 11) is 0. The standard InChI is InChI=1S/C19H19FN2O3/c20-16-7-4-14(5-8-16)6-9-18(23)21-13-15-2-1-3-17(12-15)22-10-11-25-19(22)24/h1-5,7-8,12H,6,9-11,13H2,(H,21,23). The van der Waals surface area contributed by atoms with E-state index in [2.05, 4.69) is 5.32 Å². The van der Waals surface area contributed by atoms with Crippen LogP contribution in [-0.4, -0.2) is 25.2 Å². The molecule has 0 aromatic heterocycles. The second-order valence-electron chi connectivity index (χ2n) is 5.84. The van der Waals surface area contributed by atoms with E-state index in [0.717, 1.165) is 16.8 Å². The van der Waals surface area contributed by atoms with Gasteiger partial charge in [0, 0.05) is 18.7 Å². The van der Waals surface area contributed by atoms with E-state index in [4.69, 9.17) is 4.74 Å². The van der Waals surface area contributed by atoms with Crippen LogP contribution in [0.15, 0.2) is 48.5 Å². The quantitative estimate of drug-likeness (QED) is 0.878. The van der Waals surface area contributed by atoms with Crippen LogP contribution >= 0.6 is 0 Å². The molecule has 2 aromatic rings. The Hall–Kier alpha value is -2.89. The average Bonchev–Trinajstić information content (AvgIpc) is 3.06. The Morgan fingerprint density at radius 2 is 1.96 bits per heavy atom. The summed E-state index contributed by atoms with van der Waals surface area (Å²) in [4.78, 5) is 25.2. The van der Waals surface area contributed by atoms with Crippen molar-refractivity contribution in [3.8, 4) is 0 Å². The van der Waals surface area contributed by atoms with Crippen molar-refractivity contribution in [2.24, 2.45) is 0 Å². The van der Waals surface area contributed by atoms with Gasteiger partial charge in [-0.25, -0.2) is 9.18 Å². The predicted molar refractivity (Wildman–Crippen MR) is 91.7 cm³/mol. The molecular formula is C19H19FN2O3. The Bertz CT molecular complexity index is 762. The molecular weight excluding hydrogens is 323 g/mol.